The molecule has 1 aromatic carbocycles. The maximum atomic E-state index is 13.8. The molecule has 0 bridgehead atoms. The number of benzene rings is 1. The monoisotopic (exact) mass is 344 g/mol. The van der Waals surface area contributed by atoms with Crippen LogP contribution in [0.2, 0.25) is 0 Å². The van der Waals surface area contributed by atoms with Gasteiger partial charge in [0.05, 0.1) is 6.17 Å². The second-order valence-electron chi connectivity index (χ2n) is 6.35. The fraction of sp³-hybridized carbons (Fsp3) is 0.533. The molecule has 1 atom stereocenters. The van der Waals surface area contributed by atoms with E-state index in [0.717, 1.165) is 10.4 Å². The van der Waals surface area contributed by atoms with E-state index in [2.05, 4.69) is 5.32 Å². The van der Waals surface area contributed by atoms with E-state index in [9.17, 15) is 17.6 Å². The zero-order valence-electron chi connectivity index (χ0n) is 13.4. The third-order valence-corrected chi connectivity index (χ3v) is 5.25. The van der Waals surface area contributed by atoms with Gasteiger partial charge < -0.3 is 10.1 Å². The first kappa shape index (κ1) is 17.7. The minimum absolute atomic E-state index is 0.219. The van der Waals surface area contributed by atoms with E-state index in [4.69, 9.17) is 4.74 Å². The Kier molecular flexibility index (Phi) is 4.95. The quantitative estimate of drug-likeness (QED) is 0.914. The van der Waals surface area contributed by atoms with E-state index in [-0.39, 0.29) is 6.54 Å². The topological polar surface area (TPSA) is 75.7 Å². The summed E-state index contributed by atoms with van der Waals surface area (Å²) in [5.74, 6) is -0.810. The molecule has 1 amide bonds. The molecule has 8 heteroatoms. The summed E-state index contributed by atoms with van der Waals surface area (Å²) in [5, 5.41) is 2.54. The SMILES string of the molecule is CC(C)(C)OC(=O)N[C@H]1CCCN1S(=O)(=O)c1ccccc1F. The van der Waals surface area contributed by atoms with Crippen molar-refractivity contribution in [1.29, 1.82) is 0 Å². The number of ether oxygens (including phenoxy) is 1. The van der Waals surface area contributed by atoms with Gasteiger partial charge in [0, 0.05) is 6.54 Å². The van der Waals surface area contributed by atoms with Crippen LogP contribution < -0.4 is 5.32 Å². The predicted octanol–water partition coefficient (Wildman–Crippen LogP) is 2.46. The molecule has 1 aliphatic heterocycles. The van der Waals surface area contributed by atoms with Gasteiger partial charge in [0.1, 0.15) is 16.3 Å². The summed E-state index contributed by atoms with van der Waals surface area (Å²) >= 11 is 0. The number of nitrogens with zero attached hydrogens (tertiary/aromatic N) is 1. The molecule has 6 nitrogen and oxygen atoms in total. The number of carbonyl (C=O) groups excluding carboxylic acids is 1. The van der Waals surface area contributed by atoms with Crippen molar-refractivity contribution in [3.8, 4) is 0 Å². The van der Waals surface area contributed by atoms with Crippen molar-refractivity contribution in [3.63, 3.8) is 0 Å². The number of amides is 1. The molecule has 1 aliphatic rings. The van der Waals surface area contributed by atoms with Gasteiger partial charge in [0.25, 0.3) is 0 Å². The van der Waals surface area contributed by atoms with Gasteiger partial charge >= 0.3 is 6.09 Å². The number of nitrogens with one attached hydrogen (secondary N) is 1. The zero-order valence-corrected chi connectivity index (χ0v) is 14.2. The van der Waals surface area contributed by atoms with Crippen LogP contribution in [-0.2, 0) is 14.8 Å². The summed E-state index contributed by atoms with van der Waals surface area (Å²) in [5.41, 5.74) is -0.683. The van der Waals surface area contributed by atoms with Crippen molar-refractivity contribution in [1.82, 2.24) is 9.62 Å². The van der Waals surface area contributed by atoms with Gasteiger partial charge in [0.2, 0.25) is 10.0 Å². The van der Waals surface area contributed by atoms with Gasteiger partial charge in [-0.25, -0.2) is 17.6 Å². The Morgan fingerprint density at radius 1 is 1.35 bits per heavy atom. The van der Waals surface area contributed by atoms with Crippen LogP contribution in [0.15, 0.2) is 29.2 Å². The first-order valence-electron chi connectivity index (χ1n) is 7.37. The third-order valence-electron chi connectivity index (χ3n) is 3.31. The summed E-state index contributed by atoms with van der Waals surface area (Å²) in [6, 6.07) is 5.20. The zero-order chi connectivity index (χ0) is 17.3. The second-order valence-corrected chi connectivity index (χ2v) is 8.21. The van der Waals surface area contributed by atoms with Crippen molar-refractivity contribution in [3.05, 3.63) is 30.1 Å². The highest BCUT2D eigenvalue weighted by atomic mass is 32.2. The second kappa shape index (κ2) is 6.45. The van der Waals surface area contributed by atoms with E-state index in [0.29, 0.717) is 12.8 Å². The first-order chi connectivity index (χ1) is 10.6. The lowest BCUT2D eigenvalue weighted by Gasteiger charge is -2.27. The highest BCUT2D eigenvalue weighted by Crippen LogP contribution is 2.26. The minimum Gasteiger partial charge on any atom is -0.444 e. The van der Waals surface area contributed by atoms with Crippen molar-refractivity contribution in [2.24, 2.45) is 0 Å². The van der Waals surface area contributed by atoms with Gasteiger partial charge in [-0.1, -0.05) is 12.1 Å². The Morgan fingerprint density at radius 3 is 2.61 bits per heavy atom. The molecule has 1 fully saturated rings. The number of rotatable bonds is 3. The fourth-order valence-corrected chi connectivity index (χ4v) is 4.08. The molecular weight excluding hydrogens is 323 g/mol. The van der Waals surface area contributed by atoms with Gasteiger partial charge in [-0.15, -0.1) is 0 Å². The van der Waals surface area contributed by atoms with Crippen LogP contribution in [0.1, 0.15) is 33.6 Å². The number of hydrogen-bond donors (Lipinski definition) is 1. The summed E-state index contributed by atoms with van der Waals surface area (Å²) in [6.07, 6.45) is -0.409. The van der Waals surface area contributed by atoms with E-state index in [1.807, 2.05) is 0 Å². The molecule has 0 saturated carbocycles. The number of carbonyl (C=O) groups is 1. The summed E-state index contributed by atoms with van der Waals surface area (Å²) < 4.78 is 45.3. The third kappa shape index (κ3) is 4.20. The summed E-state index contributed by atoms with van der Waals surface area (Å²) in [7, 11) is -4.02. The van der Waals surface area contributed by atoms with Crippen LogP contribution in [0.5, 0.6) is 0 Å². The lowest BCUT2D eigenvalue weighted by molar-refractivity contribution is 0.0480. The van der Waals surface area contributed by atoms with Crippen LogP contribution in [0, 0.1) is 5.82 Å². The van der Waals surface area contributed by atoms with Gasteiger partial charge in [0.15, 0.2) is 0 Å². The Hall–Kier alpha value is -1.67. The lowest BCUT2D eigenvalue weighted by atomic mass is 10.2. The lowest BCUT2D eigenvalue weighted by Crippen LogP contribution is -2.48. The molecule has 128 valence electrons. The Labute approximate surface area is 135 Å². The smallest absolute Gasteiger partial charge is 0.408 e. The van der Waals surface area contributed by atoms with E-state index in [1.165, 1.54) is 18.2 Å². The van der Waals surface area contributed by atoms with E-state index < -0.39 is 38.6 Å². The first-order valence-corrected chi connectivity index (χ1v) is 8.81. The van der Waals surface area contributed by atoms with Gasteiger partial charge in [-0.05, 0) is 45.7 Å². The molecule has 0 unspecified atom stereocenters. The molecule has 2 rings (SSSR count). The predicted molar refractivity (Wildman–Crippen MR) is 82.7 cm³/mol. The molecule has 0 aliphatic carbocycles. The van der Waals surface area contributed by atoms with Crippen molar-refractivity contribution < 1.29 is 22.3 Å². The van der Waals surface area contributed by atoms with Crippen molar-refractivity contribution in [2.75, 3.05) is 6.54 Å². The van der Waals surface area contributed by atoms with Gasteiger partial charge in [-0.2, -0.15) is 4.31 Å². The Balaban J connectivity index is 2.18. The molecule has 0 spiro atoms. The minimum atomic E-state index is -4.02. The standard InChI is InChI=1S/C15H21FN2O4S/c1-15(2,3)22-14(19)17-13-9-6-10-18(13)23(20,21)12-8-5-4-7-11(12)16/h4-5,7-8,13H,6,9-10H2,1-3H3,(H,17,19)/t13-/m1/s1. The number of sulfonamides is 1. The highest BCUT2D eigenvalue weighted by molar-refractivity contribution is 7.89. The Morgan fingerprint density at radius 2 is 2.00 bits per heavy atom. The normalized spacial score (nSPS) is 19.6. The molecule has 0 radical (unpaired) electrons. The molecule has 0 aromatic heterocycles. The van der Waals surface area contributed by atoms with Crippen LogP contribution in [0.3, 0.4) is 0 Å². The maximum absolute atomic E-state index is 13.8. The average molecular weight is 344 g/mol. The largest absolute Gasteiger partial charge is 0.444 e. The van der Waals surface area contributed by atoms with Crippen LogP contribution in [0.25, 0.3) is 0 Å². The van der Waals surface area contributed by atoms with Crippen LogP contribution >= 0.6 is 0 Å². The number of alkyl carbamates (subject to hydrolysis) is 1. The van der Waals surface area contributed by atoms with Gasteiger partial charge in [-0.3, -0.25) is 0 Å². The molecular formula is C15H21FN2O4S. The Bertz CT molecular complexity index is 685. The molecule has 1 aromatic rings. The van der Waals surface area contributed by atoms with E-state index >= 15 is 0 Å². The fourth-order valence-electron chi connectivity index (χ4n) is 2.40. The molecule has 1 N–H and O–H groups in total. The van der Waals surface area contributed by atoms with Crippen molar-refractivity contribution in [2.45, 2.75) is 50.3 Å². The highest BCUT2D eigenvalue weighted by Gasteiger charge is 2.38. The van der Waals surface area contributed by atoms with Crippen LogP contribution in [0.4, 0.5) is 9.18 Å². The maximum Gasteiger partial charge on any atom is 0.408 e. The van der Waals surface area contributed by atoms with Crippen LogP contribution in [-0.4, -0.2) is 37.1 Å². The number of hydrogen-bond acceptors (Lipinski definition) is 4. The number of halogens is 1. The molecule has 1 saturated heterocycles. The molecule has 23 heavy (non-hydrogen) atoms. The average Bonchev–Trinajstić information content (AvgIpc) is 2.85. The summed E-state index contributed by atoms with van der Waals surface area (Å²) in [6.45, 7) is 5.37. The van der Waals surface area contributed by atoms with Crippen molar-refractivity contribution >= 4 is 16.1 Å². The van der Waals surface area contributed by atoms with E-state index in [1.54, 1.807) is 20.8 Å². The summed E-state index contributed by atoms with van der Waals surface area (Å²) in [4.78, 5) is 11.5. The molecule has 1 heterocycles.